The van der Waals surface area contributed by atoms with Crippen molar-refractivity contribution in [1.29, 1.82) is 5.26 Å². The predicted octanol–water partition coefficient (Wildman–Crippen LogP) is 3.17. The van der Waals surface area contributed by atoms with Crippen LogP contribution < -0.4 is 4.74 Å². The first-order valence-corrected chi connectivity index (χ1v) is 9.79. The summed E-state index contributed by atoms with van der Waals surface area (Å²) in [7, 11) is 0. The third-order valence-corrected chi connectivity index (χ3v) is 6.32. The highest BCUT2D eigenvalue weighted by Gasteiger charge is 2.72. The van der Waals surface area contributed by atoms with E-state index in [1.54, 1.807) is 29.7 Å². The molecule has 7 heteroatoms. The summed E-state index contributed by atoms with van der Waals surface area (Å²) in [4.78, 5) is 21.7. The van der Waals surface area contributed by atoms with Crippen LogP contribution in [0.4, 0.5) is 0 Å². The molecule has 0 N–H and O–H groups in total. The quantitative estimate of drug-likeness (QED) is 0.786. The van der Waals surface area contributed by atoms with Crippen molar-refractivity contribution in [3.05, 3.63) is 53.5 Å². The zero-order valence-corrected chi connectivity index (χ0v) is 16.2. The molecule has 0 aromatic carbocycles. The van der Waals surface area contributed by atoms with Crippen LogP contribution in [0, 0.1) is 29.1 Å². The van der Waals surface area contributed by atoms with E-state index in [0.29, 0.717) is 24.5 Å². The molecule has 2 bridgehead atoms. The number of pyridine rings is 2. The van der Waals surface area contributed by atoms with Gasteiger partial charge in [-0.3, -0.25) is 9.78 Å². The molecule has 3 heterocycles. The minimum atomic E-state index is -0.315. The number of nitriles is 1. The average molecular weight is 387 g/mol. The highest BCUT2D eigenvalue weighted by atomic mass is 16.5. The van der Waals surface area contributed by atoms with Gasteiger partial charge in [-0.1, -0.05) is 6.07 Å². The van der Waals surface area contributed by atoms with Crippen molar-refractivity contribution in [2.24, 2.45) is 15.9 Å². The Morgan fingerprint density at radius 1 is 1.31 bits per heavy atom. The Kier molecular flexibility index (Phi) is 3.91. The molecule has 6 rings (SSSR count). The predicted molar refractivity (Wildman–Crippen MR) is 105 cm³/mol. The van der Waals surface area contributed by atoms with Crippen LogP contribution in [0.2, 0.25) is 0 Å². The number of hydrogen-bond acceptors (Lipinski definition) is 6. The number of ether oxygens (including phenoxy) is 1. The van der Waals surface area contributed by atoms with E-state index in [4.69, 9.17) is 10.00 Å². The Labute approximate surface area is 169 Å². The molecule has 4 aliphatic rings. The number of carbonyl (C=O) groups is 1. The number of carbonyl (C=O) groups excluding carboxylic acids is 1. The van der Waals surface area contributed by atoms with Gasteiger partial charge in [0.15, 0.2) is 0 Å². The lowest BCUT2D eigenvalue weighted by atomic mass is 9.35. The monoisotopic (exact) mass is 387 g/mol. The van der Waals surface area contributed by atoms with Crippen LogP contribution in [0.15, 0.2) is 41.9 Å². The fraction of sp³-hybridized carbons (Fsp3) is 0.409. The van der Waals surface area contributed by atoms with Crippen LogP contribution in [0.25, 0.3) is 0 Å². The van der Waals surface area contributed by atoms with Gasteiger partial charge in [0.05, 0.1) is 23.6 Å². The molecule has 29 heavy (non-hydrogen) atoms. The second-order valence-electron chi connectivity index (χ2n) is 8.59. The highest BCUT2D eigenvalue weighted by molar-refractivity contribution is 5.88. The fourth-order valence-corrected chi connectivity index (χ4v) is 4.98. The second kappa shape index (κ2) is 6.38. The van der Waals surface area contributed by atoms with Crippen LogP contribution in [0.3, 0.4) is 0 Å². The Hall–Kier alpha value is -3.27. The van der Waals surface area contributed by atoms with Gasteiger partial charge < -0.3 is 4.74 Å². The molecule has 2 aromatic heterocycles. The van der Waals surface area contributed by atoms with Crippen LogP contribution >= 0.6 is 0 Å². The van der Waals surface area contributed by atoms with E-state index in [2.05, 4.69) is 21.1 Å². The molecule has 0 spiro atoms. The maximum absolute atomic E-state index is 13.3. The van der Waals surface area contributed by atoms with E-state index in [1.807, 2.05) is 19.1 Å². The zero-order chi connectivity index (χ0) is 20.1. The largest absolute Gasteiger partial charge is 0.477 e. The summed E-state index contributed by atoms with van der Waals surface area (Å²) < 4.78 is 5.87. The normalized spacial score (nSPS) is 29.0. The fourth-order valence-electron chi connectivity index (χ4n) is 4.98. The molecule has 0 saturated heterocycles. The summed E-state index contributed by atoms with van der Waals surface area (Å²) in [6.45, 7) is 2.59. The van der Waals surface area contributed by atoms with Gasteiger partial charge in [0.2, 0.25) is 11.8 Å². The van der Waals surface area contributed by atoms with Crippen LogP contribution in [-0.4, -0.2) is 33.7 Å². The lowest BCUT2D eigenvalue weighted by Gasteiger charge is -2.69. The standard InChI is InChI=1S/C22H21N5O2/c1-15-2-3-19(25-8-15)29-14-21-11-22(12-21,13-21)20(28)27-18(4-5-26-27)17-6-16(7-23)9-24-10-17/h2-3,5-6,8-10,18H,4,11-14H2,1H3. The van der Waals surface area contributed by atoms with E-state index in [-0.39, 0.29) is 22.8 Å². The van der Waals surface area contributed by atoms with Gasteiger partial charge in [0.1, 0.15) is 6.07 Å². The highest BCUT2D eigenvalue weighted by Crippen LogP contribution is 2.74. The molecule has 7 nitrogen and oxygen atoms in total. The SMILES string of the molecule is Cc1ccc(OCC23CC(C(=O)N4N=CCC4c4cncc(C#N)c4)(C2)C3)nc1. The maximum atomic E-state index is 13.3. The van der Waals surface area contributed by atoms with Gasteiger partial charge in [-0.05, 0) is 43.4 Å². The third kappa shape index (κ3) is 2.87. The molecule has 0 radical (unpaired) electrons. The molecule has 2 aromatic rings. The molecule has 3 fully saturated rings. The third-order valence-electron chi connectivity index (χ3n) is 6.32. The summed E-state index contributed by atoms with van der Waals surface area (Å²) in [6.07, 6.45) is 9.95. The van der Waals surface area contributed by atoms with Crippen molar-refractivity contribution in [1.82, 2.24) is 15.0 Å². The van der Waals surface area contributed by atoms with Gasteiger partial charge in [0, 0.05) is 42.7 Å². The van der Waals surface area contributed by atoms with Crippen molar-refractivity contribution >= 4 is 12.1 Å². The van der Waals surface area contributed by atoms with E-state index in [9.17, 15) is 4.79 Å². The number of nitrogens with zero attached hydrogens (tertiary/aromatic N) is 5. The Balaban J connectivity index is 1.23. The summed E-state index contributed by atoms with van der Waals surface area (Å²) in [5.74, 6) is 0.712. The van der Waals surface area contributed by atoms with Crippen LogP contribution in [0.1, 0.15) is 48.4 Å². The van der Waals surface area contributed by atoms with E-state index >= 15 is 0 Å². The lowest BCUT2D eigenvalue weighted by molar-refractivity contribution is -0.227. The molecule has 1 atom stereocenters. The molecular formula is C22H21N5O2. The van der Waals surface area contributed by atoms with Crippen LogP contribution in [0.5, 0.6) is 5.88 Å². The van der Waals surface area contributed by atoms with Crippen molar-refractivity contribution in [3.63, 3.8) is 0 Å². The number of rotatable bonds is 5. The molecule has 1 unspecified atom stereocenters. The molecular weight excluding hydrogens is 366 g/mol. The van der Waals surface area contributed by atoms with E-state index in [0.717, 1.165) is 30.4 Å². The number of aromatic nitrogens is 2. The minimum Gasteiger partial charge on any atom is -0.477 e. The maximum Gasteiger partial charge on any atom is 0.249 e. The first kappa shape index (κ1) is 17.8. The number of hydrogen-bond donors (Lipinski definition) is 0. The van der Waals surface area contributed by atoms with Gasteiger partial charge in [0.25, 0.3) is 0 Å². The van der Waals surface area contributed by atoms with E-state index < -0.39 is 0 Å². The molecule has 3 saturated carbocycles. The molecule has 146 valence electrons. The smallest absolute Gasteiger partial charge is 0.249 e. The van der Waals surface area contributed by atoms with Crippen LogP contribution in [-0.2, 0) is 4.79 Å². The number of aryl methyl sites for hydroxylation is 1. The van der Waals surface area contributed by atoms with Crippen molar-refractivity contribution in [2.45, 2.75) is 38.6 Å². The number of hydrazone groups is 1. The van der Waals surface area contributed by atoms with Gasteiger partial charge in [-0.2, -0.15) is 10.4 Å². The Bertz CT molecular complexity index is 1020. The van der Waals surface area contributed by atoms with Crippen molar-refractivity contribution < 1.29 is 9.53 Å². The first-order valence-electron chi connectivity index (χ1n) is 9.79. The molecule has 3 aliphatic carbocycles. The second-order valence-corrected chi connectivity index (χ2v) is 8.59. The molecule has 1 aliphatic heterocycles. The lowest BCUT2D eigenvalue weighted by Crippen LogP contribution is -2.69. The summed E-state index contributed by atoms with van der Waals surface area (Å²) in [5, 5.41) is 15.1. The molecule has 1 amide bonds. The first-order chi connectivity index (χ1) is 14.0. The summed E-state index contributed by atoms with van der Waals surface area (Å²) in [5.41, 5.74) is 2.22. The minimum absolute atomic E-state index is 0.0777. The number of amides is 1. The van der Waals surface area contributed by atoms with Gasteiger partial charge in [-0.15, -0.1) is 0 Å². The summed E-state index contributed by atoms with van der Waals surface area (Å²) >= 11 is 0. The van der Waals surface area contributed by atoms with Crippen molar-refractivity contribution in [3.8, 4) is 11.9 Å². The average Bonchev–Trinajstić information content (AvgIpc) is 3.17. The Morgan fingerprint density at radius 2 is 2.14 bits per heavy atom. The van der Waals surface area contributed by atoms with Gasteiger partial charge >= 0.3 is 0 Å². The van der Waals surface area contributed by atoms with Gasteiger partial charge in [-0.25, -0.2) is 9.99 Å². The zero-order valence-electron chi connectivity index (χ0n) is 16.2. The van der Waals surface area contributed by atoms with Crippen molar-refractivity contribution in [2.75, 3.05) is 6.61 Å². The summed E-state index contributed by atoms with van der Waals surface area (Å²) in [6, 6.07) is 7.58. The van der Waals surface area contributed by atoms with E-state index in [1.165, 1.54) is 6.20 Å². The topological polar surface area (TPSA) is 91.5 Å². The Morgan fingerprint density at radius 3 is 2.86 bits per heavy atom.